The van der Waals surface area contributed by atoms with Crippen molar-refractivity contribution in [2.24, 2.45) is 11.8 Å². The van der Waals surface area contributed by atoms with Gasteiger partial charge >= 0.3 is 5.97 Å². The van der Waals surface area contributed by atoms with Crippen LogP contribution in [0.3, 0.4) is 0 Å². The van der Waals surface area contributed by atoms with Gasteiger partial charge in [-0.2, -0.15) is 0 Å². The molecule has 7 heteroatoms. The van der Waals surface area contributed by atoms with Crippen molar-refractivity contribution >= 4 is 12.3 Å². The Hall–Kier alpha value is -1.02. The summed E-state index contributed by atoms with van der Waals surface area (Å²) >= 11 is 0. The van der Waals surface area contributed by atoms with Crippen LogP contribution in [-0.2, 0) is 28.5 Å². The van der Waals surface area contributed by atoms with Crippen LogP contribution < -0.4 is 0 Å². The third kappa shape index (κ3) is 40.4. The van der Waals surface area contributed by atoms with Gasteiger partial charge in [0.2, 0.25) is 0 Å². The maximum Gasteiger partial charge on any atom is 0.305 e. The average Bonchev–Trinajstić information content (AvgIpc) is 3.75. The Bertz CT molecular complexity index is 801. The molecule has 0 aromatic carbocycles. The molecule has 1 heterocycles. The predicted molar refractivity (Wildman–Crippen MR) is 248 cm³/mol. The highest BCUT2D eigenvalue weighted by atomic mass is 16.7. The van der Waals surface area contributed by atoms with Crippen molar-refractivity contribution in [1.82, 2.24) is 4.90 Å². The van der Waals surface area contributed by atoms with Crippen LogP contribution in [0.2, 0.25) is 0 Å². The van der Waals surface area contributed by atoms with Gasteiger partial charge in [0.05, 0.1) is 19.3 Å². The van der Waals surface area contributed by atoms with E-state index in [2.05, 4.69) is 32.6 Å². The van der Waals surface area contributed by atoms with Crippen LogP contribution >= 0.6 is 0 Å². The molecule has 1 fully saturated rings. The lowest BCUT2D eigenvalue weighted by Gasteiger charge is -2.19. The molecule has 0 aromatic rings. The second-order valence-corrected chi connectivity index (χ2v) is 17.7. The number of hydrogen-bond acceptors (Lipinski definition) is 7. The number of carbonyl (C=O) groups excluding carboxylic acids is 2. The van der Waals surface area contributed by atoms with E-state index in [1.807, 2.05) is 7.11 Å². The van der Waals surface area contributed by atoms with Gasteiger partial charge in [0.1, 0.15) is 13.1 Å². The number of hydrogen-bond donors (Lipinski definition) is 0. The smallest absolute Gasteiger partial charge is 0.305 e. The molecule has 1 rings (SSSR count). The summed E-state index contributed by atoms with van der Waals surface area (Å²) in [6.07, 6.45) is 42.5. The largest absolute Gasteiger partial charge is 0.466 e. The van der Waals surface area contributed by atoms with Crippen LogP contribution in [0.5, 0.6) is 0 Å². The molecule has 0 saturated carbocycles. The molecule has 7 nitrogen and oxygen atoms in total. The highest BCUT2D eigenvalue weighted by Crippen LogP contribution is 2.23. The summed E-state index contributed by atoms with van der Waals surface area (Å²) in [6.45, 7) is 15.2. The third-order valence-electron chi connectivity index (χ3n) is 12.3. The van der Waals surface area contributed by atoms with Crippen molar-refractivity contribution in [3.8, 4) is 0 Å². The van der Waals surface area contributed by atoms with Crippen LogP contribution in [0.25, 0.3) is 0 Å². The molecule has 0 spiro atoms. The second kappa shape index (κ2) is 47.0. The predicted octanol–water partition coefficient (Wildman–Crippen LogP) is 14.6. The quantitative estimate of drug-likeness (QED) is 0.0262. The number of aldehydes is 1. The molecule has 1 saturated heterocycles. The Morgan fingerprint density at radius 3 is 1.52 bits per heavy atom. The summed E-state index contributed by atoms with van der Waals surface area (Å²) < 4.78 is 22.8. The van der Waals surface area contributed by atoms with E-state index in [0.717, 1.165) is 76.9 Å². The van der Waals surface area contributed by atoms with E-state index >= 15 is 0 Å². The lowest BCUT2D eigenvalue weighted by atomic mass is 9.92. The summed E-state index contributed by atoms with van der Waals surface area (Å²) in [5.74, 6) is 1.63. The van der Waals surface area contributed by atoms with Gasteiger partial charge < -0.3 is 28.6 Å². The van der Waals surface area contributed by atoms with E-state index in [0.29, 0.717) is 32.2 Å². The number of methoxy groups -OCH3 is 1. The van der Waals surface area contributed by atoms with Crippen LogP contribution in [0, 0.1) is 11.8 Å². The minimum Gasteiger partial charge on any atom is -0.466 e. The highest BCUT2D eigenvalue weighted by molar-refractivity contribution is 5.69. The first-order chi connectivity index (χ1) is 28.5. The van der Waals surface area contributed by atoms with Crippen molar-refractivity contribution < 1.29 is 28.5 Å². The third-order valence-corrected chi connectivity index (χ3v) is 12.3. The minimum atomic E-state index is -0.00906. The SMILES string of the molecule is CCCCCC(CCCCC)CCOC.CCCCCC(CCCCC)CCOC(=O)CCCCCCCC(CCCCCCCC=O)OCOCCN1CCCC1. The molecular weight excluding hydrogens is 723 g/mol. The van der Waals surface area contributed by atoms with E-state index in [1.54, 1.807) is 0 Å². The summed E-state index contributed by atoms with van der Waals surface area (Å²) in [5, 5.41) is 0. The molecule has 0 amide bonds. The first kappa shape index (κ1) is 57.0. The second-order valence-electron chi connectivity index (χ2n) is 17.7. The number of carbonyl (C=O) groups is 2. The number of nitrogens with zero attached hydrogens (tertiary/aromatic N) is 1. The van der Waals surface area contributed by atoms with Gasteiger partial charge in [-0.25, -0.2) is 0 Å². The van der Waals surface area contributed by atoms with Gasteiger partial charge in [-0.3, -0.25) is 4.79 Å². The van der Waals surface area contributed by atoms with Crippen molar-refractivity contribution in [3.63, 3.8) is 0 Å². The number of rotatable bonds is 44. The summed E-state index contributed by atoms with van der Waals surface area (Å²) in [7, 11) is 1.81. The molecule has 1 atom stereocenters. The first-order valence-corrected chi connectivity index (χ1v) is 25.5. The lowest BCUT2D eigenvalue weighted by molar-refractivity contribution is -0.144. The van der Waals surface area contributed by atoms with Crippen molar-refractivity contribution in [2.75, 3.05) is 53.4 Å². The van der Waals surface area contributed by atoms with E-state index in [1.165, 1.54) is 174 Å². The molecular formula is C51H101NO6. The molecule has 346 valence electrons. The van der Waals surface area contributed by atoms with E-state index in [-0.39, 0.29) is 12.1 Å². The molecule has 1 unspecified atom stereocenters. The molecule has 0 aromatic heterocycles. The Labute approximate surface area is 362 Å². The first-order valence-electron chi connectivity index (χ1n) is 25.5. The zero-order chi connectivity index (χ0) is 42.4. The standard InChI is InChI=1S/C37H71NO5.C14H30O/c1-3-5-14-22-35(23-15-6-4-2)27-32-42-37(40)26-18-12-9-11-17-25-36(24-16-10-7-8-13-21-31-39)43-34-41-33-30-38-28-19-20-29-38;1-4-6-8-10-14(12-13-15-3)11-9-7-5-2/h31,35-36H,3-30,32-34H2,1-2H3;14H,4-13H2,1-3H3. The fraction of sp³-hybridized carbons (Fsp3) is 0.961. The normalized spacial score (nSPS) is 13.6. The maximum absolute atomic E-state index is 12.3. The minimum absolute atomic E-state index is 0.00906. The Kier molecular flexibility index (Phi) is 46.2. The summed E-state index contributed by atoms with van der Waals surface area (Å²) in [4.78, 5) is 25.2. The zero-order valence-corrected chi connectivity index (χ0v) is 39.7. The van der Waals surface area contributed by atoms with E-state index < -0.39 is 0 Å². The monoisotopic (exact) mass is 824 g/mol. The van der Waals surface area contributed by atoms with Crippen LogP contribution in [0.15, 0.2) is 0 Å². The number of esters is 1. The molecule has 1 aliphatic rings. The molecule has 58 heavy (non-hydrogen) atoms. The molecule has 0 aliphatic carbocycles. The van der Waals surface area contributed by atoms with E-state index in [9.17, 15) is 9.59 Å². The van der Waals surface area contributed by atoms with Gasteiger partial charge in [-0.1, -0.05) is 182 Å². The maximum atomic E-state index is 12.3. The summed E-state index contributed by atoms with van der Waals surface area (Å²) in [6, 6.07) is 0. The fourth-order valence-corrected chi connectivity index (χ4v) is 8.31. The van der Waals surface area contributed by atoms with Gasteiger partial charge in [-0.05, 0) is 76.3 Å². The topological polar surface area (TPSA) is 74.3 Å². The molecule has 1 aliphatic heterocycles. The number of likely N-dealkylation sites (tertiary alicyclic amines) is 1. The van der Waals surface area contributed by atoms with Gasteiger partial charge in [-0.15, -0.1) is 0 Å². The zero-order valence-electron chi connectivity index (χ0n) is 39.7. The lowest BCUT2D eigenvalue weighted by Crippen LogP contribution is -2.25. The van der Waals surface area contributed by atoms with Crippen molar-refractivity contribution in [1.29, 1.82) is 0 Å². The Balaban J connectivity index is 0.00000182. The Morgan fingerprint density at radius 1 is 0.552 bits per heavy atom. The van der Waals surface area contributed by atoms with Crippen LogP contribution in [0.4, 0.5) is 0 Å². The van der Waals surface area contributed by atoms with Gasteiger partial charge in [0.15, 0.2) is 0 Å². The van der Waals surface area contributed by atoms with Crippen molar-refractivity contribution in [3.05, 3.63) is 0 Å². The average molecular weight is 824 g/mol. The van der Waals surface area contributed by atoms with Gasteiger partial charge in [0.25, 0.3) is 0 Å². The molecule has 0 N–H and O–H groups in total. The summed E-state index contributed by atoms with van der Waals surface area (Å²) in [5.41, 5.74) is 0. The van der Waals surface area contributed by atoms with Crippen LogP contribution in [0.1, 0.15) is 246 Å². The molecule has 0 bridgehead atoms. The van der Waals surface area contributed by atoms with Crippen molar-refractivity contribution in [2.45, 2.75) is 252 Å². The molecule has 0 radical (unpaired) electrons. The number of unbranched alkanes of at least 4 members (excludes halogenated alkanes) is 17. The Morgan fingerprint density at radius 2 is 1.02 bits per heavy atom. The highest BCUT2D eigenvalue weighted by Gasteiger charge is 2.14. The van der Waals surface area contributed by atoms with E-state index in [4.69, 9.17) is 18.9 Å². The fourth-order valence-electron chi connectivity index (χ4n) is 8.31. The van der Waals surface area contributed by atoms with Gasteiger partial charge in [0, 0.05) is 33.1 Å². The van der Waals surface area contributed by atoms with Crippen LogP contribution in [-0.4, -0.2) is 76.6 Å². The number of ether oxygens (including phenoxy) is 4.